The Kier molecular flexibility index (Phi) is 7.38. The summed E-state index contributed by atoms with van der Waals surface area (Å²) in [5, 5.41) is 3.26. The lowest BCUT2D eigenvalue weighted by atomic mass is 10.4. The molecule has 0 spiro atoms. The molecule has 17 heavy (non-hydrogen) atoms. The van der Waals surface area contributed by atoms with Crippen LogP contribution in [0.5, 0.6) is 0 Å². The van der Waals surface area contributed by atoms with Crippen LogP contribution in [0.3, 0.4) is 0 Å². The van der Waals surface area contributed by atoms with Crippen LogP contribution < -0.4 is 5.32 Å². The third kappa shape index (κ3) is 6.57. The number of halogens is 2. The third-order valence-corrected chi connectivity index (χ3v) is 3.81. The molecule has 1 heterocycles. The van der Waals surface area contributed by atoms with Crippen molar-refractivity contribution in [2.45, 2.75) is 6.54 Å². The van der Waals surface area contributed by atoms with Gasteiger partial charge in [-0.2, -0.15) is 0 Å². The van der Waals surface area contributed by atoms with Gasteiger partial charge in [-0.1, -0.05) is 0 Å². The number of hydrogen-bond acceptors (Lipinski definition) is 4. The van der Waals surface area contributed by atoms with E-state index in [1.54, 1.807) is 0 Å². The molecule has 0 aromatic carbocycles. The Labute approximate surface area is 119 Å². The Balaban J connectivity index is 2.01. The maximum atomic E-state index is 5.46. The number of likely N-dealkylation sites (N-methyl/N-ethyl adjacent to an activating group) is 1. The number of ether oxygens (including phenoxy) is 1. The highest BCUT2D eigenvalue weighted by Gasteiger charge is 2.04. The fourth-order valence-corrected chi connectivity index (χ4v) is 1.84. The summed E-state index contributed by atoms with van der Waals surface area (Å²) in [7, 11) is 4.07. The number of nitrogens with one attached hydrogen (secondary N) is 1. The molecule has 0 aliphatic heterocycles. The van der Waals surface area contributed by atoms with Crippen LogP contribution >= 0.6 is 31.9 Å². The largest absolute Gasteiger partial charge is 0.452 e. The first-order valence-electron chi connectivity index (χ1n) is 5.46. The van der Waals surface area contributed by atoms with E-state index < -0.39 is 0 Å². The Bertz CT molecular complexity index is 310. The third-order valence-electron chi connectivity index (χ3n) is 2.10. The fraction of sp³-hybridized carbons (Fsp3) is 0.636. The van der Waals surface area contributed by atoms with Gasteiger partial charge in [0.2, 0.25) is 0 Å². The molecule has 4 nitrogen and oxygen atoms in total. The lowest BCUT2D eigenvalue weighted by molar-refractivity contribution is 0.119. The molecular formula is C11H18Br2N2O2. The zero-order valence-electron chi connectivity index (χ0n) is 10.1. The van der Waals surface area contributed by atoms with Gasteiger partial charge in [-0.05, 0) is 52.0 Å². The molecule has 0 amide bonds. The number of hydrogen-bond donors (Lipinski definition) is 1. The summed E-state index contributed by atoms with van der Waals surface area (Å²) in [6, 6.07) is 1.95. The molecule has 0 saturated heterocycles. The first kappa shape index (κ1) is 15.2. The molecule has 1 aromatic rings. The van der Waals surface area contributed by atoms with E-state index >= 15 is 0 Å². The van der Waals surface area contributed by atoms with E-state index in [-0.39, 0.29) is 0 Å². The lowest BCUT2D eigenvalue weighted by Crippen LogP contribution is -2.22. The molecular weight excluding hydrogens is 352 g/mol. The van der Waals surface area contributed by atoms with Crippen LogP contribution in [-0.4, -0.2) is 45.3 Å². The molecule has 0 aliphatic rings. The van der Waals surface area contributed by atoms with Gasteiger partial charge in [0.15, 0.2) is 4.67 Å². The van der Waals surface area contributed by atoms with Crippen molar-refractivity contribution in [1.82, 2.24) is 10.2 Å². The highest BCUT2D eigenvalue weighted by atomic mass is 79.9. The van der Waals surface area contributed by atoms with Crippen LogP contribution in [0.4, 0.5) is 0 Å². The molecule has 1 N–H and O–H groups in total. The summed E-state index contributed by atoms with van der Waals surface area (Å²) < 4.78 is 12.6. The smallest absolute Gasteiger partial charge is 0.183 e. The van der Waals surface area contributed by atoms with Gasteiger partial charge in [-0.3, -0.25) is 0 Å². The molecule has 0 atom stereocenters. The van der Waals surface area contributed by atoms with E-state index in [0.717, 1.165) is 41.2 Å². The molecule has 98 valence electrons. The van der Waals surface area contributed by atoms with E-state index in [0.29, 0.717) is 6.54 Å². The summed E-state index contributed by atoms with van der Waals surface area (Å²) in [4.78, 5) is 2.10. The summed E-state index contributed by atoms with van der Waals surface area (Å²) in [6.07, 6.45) is 0. The van der Waals surface area contributed by atoms with E-state index in [2.05, 4.69) is 42.1 Å². The van der Waals surface area contributed by atoms with Crippen LogP contribution in [0, 0.1) is 0 Å². The Morgan fingerprint density at radius 1 is 1.35 bits per heavy atom. The first-order valence-corrected chi connectivity index (χ1v) is 7.05. The number of nitrogens with zero attached hydrogens (tertiary/aromatic N) is 1. The van der Waals surface area contributed by atoms with Gasteiger partial charge in [0, 0.05) is 13.1 Å². The Morgan fingerprint density at radius 2 is 2.12 bits per heavy atom. The summed E-state index contributed by atoms with van der Waals surface area (Å²) in [5.41, 5.74) is 0. The standard InChI is InChI=1S/C11H18Br2N2O2/c1-15(2)4-6-16-5-3-14-8-9-7-10(12)11(13)17-9/h7,14H,3-6,8H2,1-2H3. The predicted octanol–water partition coefficient (Wildman–Crippen LogP) is 2.47. The minimum Gasteiger partial charge on any atom is -0.452 e. The number of rotatable bonds is 8. The second kappa shape index (κ2) is 8.26. The van der Waals surface area contributed by atoms with Gasteiger partial charge in [0.1, 0.15) is 5.76 Å². The monoisotopic (exact) mass is 368 g/mol. The molecule has 0 bridgehead atoms. The van der Waals surface area contributed by atoms with Crippen molar-refractivity contribution >= 4 is 31.9 Å². The van der Waals surface area contributed by atoms with Crippen LogP contribution in [-0.2, 0) is 11.3 Å². The molecule has 0 aliphatic carbocycles. The van der Waals surface area contributed by atoms with Crippen molar-refractivity contribution in [3.63, 3.8) is 0 Å². The van der Waals surface area contributed by atoms with Crippen molar-refractivity contribution in [2.24, 2.45) is 0 Å². The quantitative estimate of drug-likeness (QED) is 0.714. The minimum atomic E-state index is 0.710. The molecule has 1 aromatic heterocycles. The van der Waals surface area contributed by atoms with Crippen LogP contribution in [0.2, 0.25) is 0 Å². The Hall–Kier alpha value is 0.120. The van der Waals surface area contributed by atoms with E-state index in [4.69, 9.17) is 9.15 Å². The molecule has 6 heteroatoms. The number of furan rings is 1. The summed E-state index contributed by atoms with van der Waals surface area (Å²) >= 11 is 6.68. The van der Waals surface area contributed by atoms with E-state index in [9.17, 15) is 0 Å². The second-order valence-electron chi connectivity index (χ2n) is 3.93. The van der Waals surface area contributed by atoms with Crippen LogP contribution in [0.15, 0.2) is 19.6 Å². The topological polar surface area (TPSA) is 37.6 Å². The Morgan fingerprint density at radius 3 is 2.71 bits per heavy atom. The summed E-state index contributed by atoms with van der Waals surface area (Å²) in [5.74, 6) is 0.900. The lowest BCUT2D eigenvalue weighted by Gasteiger charge is -2.09. The minimum absolute atomic E-state index is 0.710. The normalized spacial score (nSPS) is 11.4. The molecule has 0 saturated carbocycles. The van der Waals surface area contributed by atoms with Gasteiger partial charge in [0.25, 0.3) is 0 Å². The zero-order chi connectivity index (χ0) is 12.7. The summed E-state index contributed by atoms with van der Waals surface area (Å²) in [6.45, 7) is 3.98. The van der Waals surface area contributed by atoms with Crippen LogP contribution in [0.1, 0.15) is 5.76 Å². The van der Waals surface area contributed by atoms with Crippen molar-refractivity contribution in [3.8, 4) is 0 Å². The molecule has 0 fully saturated rings. The van der Waals surface area contributed by atoms with Crippen molar-refractivity contribution in [3.05, 3.63) is 21.0 Å². The van der Waals surface area contributed by atoms with Crippen molar-refractivity contribution in [2.75, 3.05) is 40.4 Å². The zero-order valence-corrected chi connectivity index (χ0v) is 13.3. The first-order chi connectivity index (χ1) is 8.09. The van der Waals surface area contributed by atoms with E-state index in [1.807, 2.05) is 20.2 Å². The van der Waals surface area contributed by atoms with Crippen molar-refractivity contribution in [1.29, 1.82) is 0 Å². The highest BCUT2D eigenvalue weighted by Crippen LogP contribution is 2.26. The van der Waals surface area contributed by atoms with Gasteiger partial charge in [0.05, 0.1) is 24.2 Å². The van der Waals surface area contributed by atoms with Gasteiger partial charge >= 0.3 is 0 Å². The van der Waals surface area contributed by atoms with Crippen LogP contribution in [0.25, 0.3) is 0 Å². The maximum absolute atomic E-state index is 5.46. The SMILES string of the molecule is CN(C)CCOCCNCc1cc(Br)c(Br)o1. The molecule has 1 rings (SSSR count). The van der Waals surface area contributed by atoms with Gasteiger partial charge < -0.3 is 19.4 Å². The fourth-order valence-electron chi connectivity index (χ4n) is 1.18. The van der Waals surface area contributed by atoms with Crippen molar-refractivity contribution < 1.29 is 9.15 Å². The van der Waals surface area contributed by atoms with Gasteiger partial charge in [-0.15, -0.1) is 0 Å². The molecule has 0 unspecified atom stereocenters. The van der Waals surface area contributed by atoms with Gasteiger partial charge in [-0.25, -0.2) is 0 Å². The van der Waals surface area contributed by atoms with E-state index in [1.165, 1.54) is 0 Å². The molecule has 0 radical (unpaired) electrons. The average molecular weight is 370 g/mol. The second-order valence-corrected chi connectivity index (χ2v) is 5.50. The predicted molar refractivity (Wildman–Crippen MR) is 75.2 cm³/mol. The average Bonchev–Trinajstić information content (AvgIpc) is 2.56. The highest BCUT2D eigenvalue weighted by molar-refractivity contribution is 9.13. The maximum Gasteiger partial charge on any atom is 0.183 e.